The number of allylic oxidation sites excluding steroid dienone is 2. The molecule has 0 bridgehead atoms. The highest BCUT2D eigenvalue weighted by atomic mass is 16.8. The summed E-state index contributed by atoms with van der Waals surface area (Å²) in [6.45, 7) is 2.52. The molecule has 0 radical (unpaired) electrons. The number of nitrogens with zero attached hydrogens (tertiary/aromatic N) is 4. The number of ether oxygens (including phenoxy) is 2. The monoisotopic (exact) mass is 455 g/mol. The van der Waals surface area contributed by atoms with E-state index >= 15 is 0 Å². The lowest BCUT2D eigenvalue weighted by Gasteiger charge is -2.30. The fourth-order valence-corrected chi connectivity index (χ4v) is 3.48. The Morgan fingerprint density at radius 2 is 1.97 bits per heavy atom. The minimum Gasteiger partial charge on any atom is -0.466 e. The number of non-ortho nitro benzene ring substituents is 1. The Morgan fingerprint density at radius 1 is 1.30 bits per heavy atom. The topological polar surface area (TPSA) is 185 Å². The van der Waals surface area contributed by atoms with Gasteiger partial charge >= 0.3 is 17.6 Å². The number of carbonyl (C=O) groups is 2. The summed E-state index contributed by atoms with van der Waals surface area (Å²) < 4.78 is 14.4. The van der Waals surface area contributed by atoms with E-state index in [2.05, 4.69) is 15.1 Å². The normalized spacial score (nSPS) is 15.5. The molecule has 0 amide bonds. The van der Waals surface area contributed by atoms with E-state index in [0.29, 0.717) is 11.4 Å². The fraction of sp³-hybridized carbons (Fsp3) is 0.250. The van der Waals surface area contributed by atoms with Gasteiger partial charge < -0.3 is 20.0 Å². The third-order valence-electron chi connectivity index (χ3n) is 4.95. The lowest BCUT2D eigenvalue weighted by Crippen LogP contribution is -2.33. The van der Waals surface area contributed by atoms with Crippen LogP contribution in [0.25, 0.3) is 0 Å². The fourth-order valence-electron chi connectivity index (χ4n) is 3.48. The molecule has 0 aliphatic carbocycles. The summed E-state index contributed by atoms with van der Waals surface area (Å²) in [6.07, 6.45) is 0. The number of methoxy groups -OCH3 is 1. The summed E-state index contributed by atoms with van der Waals surface area (Å²) in [7, 11) is 1.17. The first-order valence-electron chi connectivity index (χ1n) is 9.36. The molecule has 0 saturated carbocycles. The molecule has 13 nitrogen and oxygen atoms in total. The van der Waals surface area contributed by atoms with E-state index in [0.717, 1.165) is 0 Å². The number of carbonyl (C=O) groups excluding carboxylic acids is 2. The van der Waals surface area contributed by atoms with Crippen molar-refractivity contribution < 1.29 is 33.5 Å². The summed E-state index contributed by atoms with van der Waals surface area (Å²) in [4.78, 5) is 36.3. The van der Waals surface area contributed by atoms with Crippen LogP contribution in [0.2, 0.25) is 0 Å². The molecule has 1 atom stereocenters. The first kappa shape index (κ1) is 22.9. The number of nitro groups is 1. The maximum absolute atomic E-state index is 13.1. The number of rotatable bonds is 6. The van der Waals surface area contributed by atoms with Crippen molar-refractivity contribution in [3.05, 3.63) is 79.1 Å². The molecule has 0 spiro atoms. The second kappa shape index (κ2) is 9.18. The van der Waals surface area contributed by atoms with Crippen LogP contribution in [0.4, 0.5) is 5.69 Å². The lowest BCUT2D eigenvalue weighted by atomic mass is 9.80. The van der Waals surface area contributed by atoms with Gasteiger partial charge in [-0.2, -0.15) is 5.26 Å². The van der Waals surface area contributed by atoms with Crippen LogP contribution in [0.3, 0.4) is 0 Å². The summed E-state index contributed by atoms with van der Waals surface area (Å²) in [5.41, 5.74) is 0.0856. The van der Waals surface area contributed by atoms with E-state index in [1.165, 1.54) is 31.4 Å². The van der Waals surface area contributed by atoms with Crippen LogP contribution < -0.4 is 10.2 Å². The van der Waals surface area contributed by atoms with Crippen molar-refractivity contribution >= 4 is 17.6 Å². The molecule has 1 N–H and O–H groups in total. The van der Waals surface area contributed by atoms with Gasteiger partial charge in [0.2, 0.25) is 0 Å². The molecule has 2 aromatic rings. The van der Waals surface area contributed by atoms with E-state index in [1.54, 1.807) is 19.9 Å². The minimum absolute atomic E-state index is 0.0334. The zero-order chi connectivity index (χ0) is 24.3. The van der Waals surface area contributed by atoms with Crippen LogP contribution in [0.15, 0.2) is 51.4 Å². The maximum atomic E-state index is 13.1. The van der Waals surface area contributed by atoms with E-state index in [-0.39, 0.29) is 38.7 Å². The summed E-state index contributed by atoms with van der Waals surface area (Å²) >= 11 is 0. The lowest BCUT2D eigenvalue weighted by molar-refractivity contribution is -0.809. The summed E-state index contributed by atoms with van der Waals surface area (Å²) in [5, 5.41) is 38.1. The number of nitro benzene ring substituents is 1. The summed E-state index contributed by atoms with van der Waals surface area (Å²) in [6, 6.07) is 7.11. The molecule has 1 aliphatic rings. The number of aromatic nitrogens is 2. The molecule has 1 aliphatic heterocycles. The van der Waals surface area contributed by atoms with Gasteiger partial charge in [-0.1, -0.05) is 12.1 Å². The largest absolute Gasteiger partial charge is 0.466 e. The van der Waals surface area contributed by atoms with Crippen molar-refractivity contribution in [3.8, 4) is 6.07 Å². The maximum Gasteiger partial charge on any atom is 0.337 e. The first-order chi connectivity index (χ1) is 15.7. The van der Waals surface area contributed by atoms with Crippen molar-refractivity contribution in [2.45, 2.75) is 26.4 Å². The van der Waals surface area contributed by atoms with Crippen LogP contribution in [0.5, 0.6) is 0 Å². The zero-order valence-electron chi connectivity index (χ0n) is 17.6. The SMILES string of the molecule is COC(=O)C1=C(C)NC(C)=C(C(=O)OCc2c(C#N)no[n+]2[O-])C1c1cccc([N+](=O)[O-])c1. The molecular weight excluding hydrogens is 438 g/mol. The van der Waals surface area contributed by atoms with Crippen LogP contribution in [-0.4, -0.2) is 29.1 Å². The Kier molecular flexibility index (Phi) is 6.38. The predicted molar refractivity (Wildman–Crippen MR) is 106 cm³/mol. The third kappa shape index (κ3) is 4.35. The number of hydrogen-bond acceptors (Lipinski definition) is 11. The highest BCUT2D eigenvalue weighted by Crippen LogP contribution is 2.40. The third-order valence-corrected chi connectivity index (χ3v) is 4.95. The molecule has 1 unspecified atom stereocenters. The predicted octanol–water partition coefficient (Wildman–Crippen LogP) is 1.24. The molecule has 0 fully saturated rings. The van der Waals surface area contributed by atoms with Crippen molar-refractivity contribution in [2.24, 2.45) is 0 Å². The highest BCUT2D eigenvalue weighted by Gasteiger charge is 2.38. The van der Waals surface area contributed by atoms with Gasteiger partial charge in [0.05, 0.1) is 34.3 Å². The molecule has 33 heavy (non-hydrogen) atoms. The van der Waals surface area contributed by atoms with Crippen molar-refractivity contribution in [1.82, 2.24) is 10.5 Å². The standard InChI is InChI=1S/C20H17N5O8/c1-10-16(19(26)31-3)18(12-5-4-6-13(7-12)24(28)29)17(11(2)22-10)20(27)32-9-15-14(8-21)23-33-25(15)30/h4-7,18,22H,9H2,1-3H3. The van der Waals surface area contributed by atoms with Gasteiger partial charge in [0.1, 0.15) is 0 Å². The van der Waals surface area contributed by atoms with Crippen LogP contribution in [0, 0.1) is 26.7 Å². The van der Waals surface area contributed by atoms with Gasteiger partial charge in [-0.25, -0.2) is 9.59 Å². The Balaban J connectivity index is 2.06. The van der Waals surface area contributed by atoms with Gasteiger partial charge in [-0.15, -0.1) is 0 Å². The molecule has 1 aromatic carbocycles. The second-order valence-corrected chi connectivity index (χ2v) is 6.89. The Morgan fingerprint density at radius 3 is 2.58 bits per heavy atom. The molecule has 1 aromatic heterocycles. The van der Waals surface area contributed by atoms with E-state index < -0.39 is 29.4 Å². The van der Waals surface area contributed by atoms with Gasteiger partial charge in [0.15, 0.2) is 12.7 Å². The molecule has 2 heterocycles. The van der Waals surface area contributed by atoms with Crippen molar-refractivity contribution in [1.29, 1.82) is 5.26 Å². The van der Waals surface area contributed by atoms with Gasteiger partial charge in [0.25, 0.3) is 11.4 Å². The van der Waals surface area contributed by atoms with Gasteiger partial charge in [0, 0.05) is 23.5 Å². The Hall–Kier alpha value is -4.73. The number of nitrogens with one attached hydrogen (secondary N) is 1. The van der Waals surface area contributed by atoms with Crippen molar-refractivity contribution in [3.63, 3.8) is 0 Å². The van der Waals surface area contributed by atoms with Gasteiger partial charge in [-0.3, -0.25) is 14.7 Å². The highest BCUT2D eigenvalue weighted by molar-refractivity contribution is 5.99. The summed E-state index contributed by atoms with van der Waals surface area (Å²) in [5.74, 6) is -2.75. The number of nitriles is 1. The number of dihydropyridines is 1. The van der Waals surface area contributed by atoms with Crippen LogP contribution >= 0.6 is 0 Å². The zero-order valence-corrected chi connectivity index (χ0v) is 17.6. The molecule has 3 rings (SSSR count). The number of esters is 2. The smallest absolute Gasteiger partial charge is 0.337 e. The van der Waals surface area contributed by atoms with E-state index in [4.69, 9.17) is 14.7 Å². The number of hydrogen-bond donors (Lipinski definition) is 1. The average Bonchev–Trinajstić information content (AvgIpc) is 3.15. The average molecular weight is 455 g/mol. The molecule has 13 heteroatoms. The van der Waals surface area contributed by atoms with Crippen molar-refractivity contribution in [2.75, 3.05) is 7.11 Å². The first-order valence-corrected chi connectivity index (χ1v) is 9.36. The van der Waals surface area contributed by atoms with Crippen LogP contribution in [-0.2, 0) is 25.7 Å². The number of benzene rings is 1. The second-order valence-electron chi connectivity index (χ2n) is 6.89. The van der Waals surface area contributed by atoms with Gasteiger partial charge in [-0.05, 0) is 24.3 Å². The van der Waals surface area contributed by atoms with E-state index in [1.807, 2.05) is 0 Å². The molecule has 0 saturated heterocycles. The molecular formula is C20H17N5O8. The quantitative estimate of drug-likeness (QED) is 0.286. The Bertz CT molecular complexity index is 1250. The molecule has 170 valence electrons. The van der Waals surface area contributed by atoms with Crippen LogP contribution in [0.1, 0.15) is 36.7 Å². The minimum atomic E-state index is -1.07. The Labute approximate surface area is 186 Å². The van der Waals surface area contributed by atoms with E-state index in [9.17, 15) is 24.9 Å².